The van der Waals surface area contributed by atoms with Crippen molar-refractivity contribution in [1.82, 2.24) is 30.3 Å². The Hall–Kier alpha value is -4.41. The van der Waals surface area contributed by atoms with Crippen molar-refractivity contribution in [3.8, 4) is 22.9 Å². The predicted octanol–water partition coefficient (Wildman–Crippen LogP) is 2.92. The fourth-order valence-electron chi connectivity index (χ4n) is 4.03. The van der Waals surface area contributed by atoms with Crippen LogP contribution in [0.1, 0.15) is 13.3 Å². The SMILES string of the molecule is COc1cc(-c2nc(Nc3ccc4[nH]ncc4c3)n[nH]2)ccc1OCC(=O)CC1CN(C(C)=O)C1. The molecule has 35 heavy (non-hydrogen) atoms. The number of carbonyl (C=O) groups excluding carboxylic acids is 2. The van der Waals surface area contributed by atoms with E-state index in [0.717, 1.165) is 22.2 Å². The van der Waals surface area contributed by atoms with Gasteiger partial charge in [0.25, 0.3) is 0 Å². The number of fused-ring (bicyclic) bond motifs is 1. The zero-order valence-electron chi connectivity index (χ0n) is 19.4. The normalized spacial score (nSPS) is 13.5. The van der Waals surface area contributed by atoms with Crippen LogP contribution in [0.4, 0.5) is 11.6 Å². The highest BCUT2D eigenvalue weighted by atomic mass is 16.5. The number of methoxy groups -OCH3 is 1. The summed E-state index contributed by atoms with van der Waals surface area (Å²) in [4.78, 5) is 29.8. The minimum Gasteiger partial charge on any atom is -0.493 e. The van der Waals surface area contributed by atoms with Gasteiger partial charge in [-0.25, -0.2) is 0 Å². The van der Waals surface area contributed by atoms with Crippen LogP contribution in [0, 0.1) is 5.92 Å². The minimum atomic E-state index is -0.0519. The largest absolute Gasteiger partial charge is 0.493 e. The van der Waals surface area contributed by atoms with Gasteiger partial charge in [0.2, 0.25) is 11.9 Å². The Balaban J connectivity index is 1.20. The van der Waals surface area contributed by atoms with Crippen molar-refractivity contribution in [2.45, 2.75) is 13.3 Å². The van der Waals surface area contributed by atoms with Gasteiger partial charge in [0, 0.05) is 49.0 Å². The average molecular weight is 476 g/mol. The van der Waals surface area contributed by atoms with Gasteiger partial charge in [-0.1, -0.05) is 0 Å². The maximum absolute atomic E-state index is 12.3. The van der Waals surface area contributed by atoms with Crippen LogP contribution < -0.4 is 14.8 Å². The molecule has 0 radical (unpaired) electrons. The Labute approximate surface area is 200 Å². The highest BCUT2D eigenvalue weighted by molar-refractivity contribution is 5.83. The summed E-state index contributed by atoms with van der Waals surface area (Å²) >= 11 is 0. The van der Waals surface area contributed by atoms with E-state index in [1.165, 1.54) is 14.0 Å². The Kier molecular flexibility index (Phi) is 6.04. The Morgan fingerprint density at radius 3 is 2.80 bits per heavy atom. The van der Waals surface area contributed by atoms with E-state index < -0.39 is 0 Å². The number of H-pyrrole nitrogens is 2. The first kappa shape index (κ1) is 22.4. The first-order valence-electron chi connectivity index (χ1n) is 11.2. The molecule has 5 rings (SSSR count). The molecule has 0 unspecified atom stereocenters. The zero-order valence-corrected chi connectivity index (χ0v) is 19.4. The first-order chi connectivity index (χ1) is 17.0. The van der Waals surface area contributed by atoms with Gasteiger partial charge in [0.05, 0.1) is 18.8 Å². The summed E-state index contributed by atoms with van der Waals surface area (Å²) in [6.07, 6.45) is 2.15. The number of ether oxygens (including phenoxy) is 2. The van der Waals surface area contributed by atoms with Crippen molar-refractivity contribution >= 4 is 34.2 Å². The molecule has 1 amide bonds. The van der Waals surface area contributed by atoms with E-state index in [9.17, 15) is 9.59 Å². The fraction of sp³-hybridized carbons (Fsp3) is 0.292. The molecule has 11 nitrogen and oxygen atoms in total. The van der Waals surface area contributed by atoms with E-state index in [1.54, 1.807) is 23.2 Å². The number of hydrogen-bond acceptors (Lipinski definition) is 8. The van der Waals surface area contributed by atoms with Crippen LogP contribution in [-0.4, -0.2) is 68.8 Å². The number of rotatable bonds is 9. The van der Waals surface area contributed by atoms with Gasteiger partial charge in [-0.2, -0.15) is 10.1 Å². The lowest BCUT2D eigenvalue weighted by Crippen LogP contribution is -2.49. The summed E-state index contributed by atoms with van der Waals surface area (Å²) in [5.74, 6) is 2.16. The summed E-state index contributed by atoms with van der Waals surface area (Å²) in [7, 11) is 1.54. The van der Waals surface area contributed by atoms with E-state index in [0.29, 0.717) is 42.8 Å². The van der Waals surface area contributed by atoms with Crippen molar-refractivity contribution in [2.24, 2.45) is 5.92 Å². The topological polar surface area (TPSA) is 138 Å². The number of nitrogens with zero attached hydrogens (tertiary/aromatic N) is 4. The van der Waals surface area contributed by atoms with Crippen LogP contribution in [0.15, 0.2) is 42.6 Å². The number of benzene rings is 2. The average Bonchev–Trinajstić information content (AvgIpc) is 3.48. The number of anilines is 2. The summed E-state index contributed by atoms with van der Waals surface area (Å²) in [5.41, 5.74) is 2.54. The third-order valence-electron chi connectivity index (χ3n) is 5.93. The molecular formula is C24H25N7O4. The number of Topliss-reactive ketones (excluding diaryl/α,β-unsaturated/α-hetero) is 1. The molecule has 0 aliphatic carbocycles. The zero-order chi connectivity index (χ0) is 24.4. The van der Waals surface area contributed by atoms with Crippen LogP contribution in [0.2, 0.25) is 0 Å². The summed E-state index contributed by atoms with van der Waals surface area (Å²) in [5, 5.41) is 18.3. The number of ketones is 1. The monoisotopic (exact) mass is 475 g/mol. The second-order valence-electron chi connectivity index (χ2n) is 8.49. The molecule has 0 spiro atoms. The first-order valence-corrected chi connectivity index (χ1v) is 11.2. The van der Waals surface area contributed by atoms with Crippen molar-refractivity contribution in [3.63, 3.8) is 0 Å². The summed E-state index contributed by atoms with van der Waals surface area (Å²) < 4.78 is 11.2. The van der Waals surface area contributed by atoms with Crippen molar-refractivity contribution in [2.75, 3.05) is 32.1 Å². The second kappa shape index (κ2) is 9.45. The summed E-state index contributed by atoms with van der Waals surface area (Å²) in [6, 6.07) is 11.1. The molecule has 1 aliphatic heterocycles. The standard InChI is InChI=1S/C24H25N7O4/c1-14(32)31-11-15(12-31)7-19(33)13-35-21-6-3-16(9-22(21)34-2)23-27-24(30-29-23)26-18-4-5-20-17(8-18)10-25-28-20/h3-6,8-10,15H,7,11-13H2,1-2H3,(H,25,28)(H2,26,27,29,30). The number of amides is 1. The number of carbonyl (C=O) groups is 2. The number of likely N-dealkylation sites (tertiary alicyclic amines) is 1. The Morgan fingerprint density at radius 2 is 2.00 bits per heavy atom. The lowest BCUT2D eigenvalue weighted by atomic mass is 9.94. The number of aromatic nitrogens is 5. The lowest BCUT2D eigenvalue weighted by molar-refractivity contribution is -0.137. The van der Waals surface area contributed by atoms with Gasteiger partial charge in [0.1, 0.15) is 6.61 Å². The predicted molar refractivity (Wildman–Crippen MR) is 129 cm³/mol. The molecule has 3 N–H and O–H groups in total. The van der Waals surface area contributed by atoms with Crippen molar-refractivity contribution in [1.29, 1.82) is 0 Å². The van der Waals surface area contributed by atoms with Gasteiger partial charge < -0.3 is 19.7 Å². The van der Waals surface area contributed by atoms with E-state index in [2.05, 4.69) is 30.7 Å². The van der Waals surface area contributed by atoms with E-state index in [-0.39, 0.29) is 24.2 Å². The molecule has 2 aromatic carbocycles. The van der Waals surface area contributed by atoms with Gasteiger partial charge in [-0.15, -0.1) is 5.10 Å². The molecule has 2 aromatic heterocycles. The third-order valence-corrected chi connectivity index (χ3v) is 5.93. The fourth-order valence-corrected chi connectivity index (χ4v) is 4.03. The number of hydrogen-bond donors (Lipinski definition) is 3. The molecule has 3 heterocycles. The van der Waals surface area contributed by atoms with Crippen LogP contribution in [0.3, 0.4) is 0 Å². The van der Waals surface area contributed by atoms with Crippen LogP contribution in [0.25, 0.3) is 22.3 Å². The number of aromatic amines is 2. The van der Waals surface area contributed by atoms with Crippen LogP contribution in [0.5, 0.6) is 11.5 Å². The molecule has 180 valence electrons. The second-order valence-corrected chi connectivity index (χ2v) is 8.49. The van der Waals surface area contributed by atoms with Crippen molar-refractivity contribution in [3.05, 3.63) is 42.6 Å². The van der Waals surface area contributed by atoms with E-state index >= 15 is 0 Å². The van der Waals surface area contributed by atoms with Gasteiger partial charge in [0.15, 0.2) is 23.1 Å². The number of nitrogens with one attached hydrogen (secondary N) is 3. The quantitative estimate of drug-likeness (QED) is 0.336. The van der Waals surface area contributed by atoms with E-state index in [1.807, 2.05) is 24.3 Å². The molecule has 1 fully saturated rings. The molecule has 0 atom stereocenters. The maximum atomic E-state index is 12.3. The summed E-state index contributed by atoms with van der Waals surface area (Å²) in [6.45, 7) is 2.74. The van der Waals surface area contributed by atoms with Crippen molar-refractivity contribution < 1.29 is 19.1 Å². The molecule has 0 saturated carbocycles. The Morgan fingerprint density at radius 1 is 1.14 bits per heavy atom. The molecule has 1 aliphatic rings. The molecular weight excluding hydrogens is 450 g/mol. The molecule has 0 bridgehead atoms. The molecule has 4 aromatic rings. The highest BCUT2D eigenvalue weighted by Gasteiger charge is 2.30. The molecule has 11 heteroatoms. The van der Waals surface area contributed by atoms with Gasteiger partial charge >= 0.3 is 0 Å². The van der Waals surface area contributed by atoms with E-state index in [4.69, 9.17) is 9.47 Å². The third kappa shape index (κ3) is 4.93. The van der Waals surface area contributed by atoms with Gasteiger partial charge in [-0.3, -0.25) is 19.8 Å². The van der Waals surface area contributed by atoms with Crippen LogP contribution >= 0.6 is 0 Å². The molecule has 1 saturated heterocycles. The smallest absolute Gasteiger partial charge is 0.246 e. The maximum Gasteiger partial charge on any atom is 0.246 e. The van der Waals surface area contributed by atoms with Gasteiger partial charge in [-0.05, 0) is 36.4 Å². The minimum absolute atomic E-state index is 0.0103. The lowest BCUT2D eigenvalue weighted by Gasteiger charge is -2.38. The highest BCUT2D eigenvalue weighted by Crippen LogP contribution is 2.32. The Bertz CT molecular complexity index is 1370. The van der Waals surface area contributed by atoms with Crippen LogP contribution in [-0.2, 0) is 9.59 Å².